The highest BCUT2D eigenvalue weighted by Gasteiger charge is 2.15. The fraction of sp³-hybridized carbons (Fsp3) is 0.286. The summed E-state index contributed by atoms with van der Waals surface area (Å²) in [7, 11) is 1.39. The molecule has 2 rings (SSSR count). The van der Waals surface area contributed by atoms with Crippen molar-refractivity contribution in [1.29, 1.82) is 0 Å². The molecule has 0 amide bonds. The van der Waals surface area contributed by atoms with Crippen molar-refractivity contribution >= 4 is 17.7 Å². The van der Waals surface area contributed by atoms with Gasteiger partial charge < -0.3 is 9.15 Å². The smallest absolute Gasteiger partial charge is 0.318 e. The van der Waals surface area contributed by atoms with E-state index in [-0.39, 0.29) is 11.2 Å². The predicted molar refractivity (Wildman–Crippen MR) is 74.7 cm³/mol. The Hall–Kier alpha value is -1.75. The average Bonchev–Trinajstić information content (AvgIpc) is 2.93. The van der Waals surface area contributed by atoms with Crippen LogP contribution in [0.15, 0.2) is 41.0 Å². The Morgan fingerprint density at radius 2 is 2.16 bits per heavy atom. The van der Waals surface area contributed by atoms with E-state index in [2.05, 4.69) is 9.72 Å². The van der Waals surface area contributed by atoms with Gasteiger partial charge in [0.25, 0.3) is 0 Å². The van der Waals surface area contributed by atoms with Crippen LogP contribution in [0.4, 0.5) is 0 Å². The number of hydrogen-bond acceptors (Lipinski definition) is 5. The minimum absolute atomic E-state index is 0.207. The molecule has 100 valence electrons. The molecule has 1 heterocycles. The van der Waals surface area contributed by atoms with Gasteiger partial charge in [-0.1, -0.05) is 18.2 Å². The third kappa shape index (κ3) is 3.61. The van der Waals surface area contributed by atoms with Crippen LogP contribution < -0.4 is 0 Å². The first kappa shape index (κ1) is 13.7. The summed E-state index contributed by atoms with van der Waals surface area (Å²) in [5.74, 6) is 0.991. The third-order valence-electron chi connectivity index (χ3n) is 2.59. The molecule has 2 aromatic rings. The zero-order valence-electron chi connectivity index (χ0n) is 10.8. The minimum atomic E-state index is -0.225. The molecule has 0 aliphatic rings. The van der Waals surface area contributed by atoms with Gasteiger partial charge in [0.2, 0.25) is 5.89 Å². The summed E-state index contributed by atoms with van der Waals surface area (Å²) in [6.45, 7) is 1.81. The van der Waals surface area contributed by atoms with Crippen molar-refractivity contribution in [1.82, 2.24) is 4.98 Å². The van der Waals surface area contributed by atoms with Crippen LogP contribution in [-0.4, -0.2) is 23.3 Å². The maximum absolute atomic E-state index is 11.3. The van der Waals surface area contributed by atoms with E-state index in [1.165, 1.54) is 18.9 Å². The fourth-order valence-electron chi connectivity index (χ4n) is 1.53. The number of oxazole rings is 1. The highest BCUT2D eigenvalue weighted by molar-refractivity contribution is 7.99. The van der Waals surface area contributed by atoms with E-state index in [4.69, 9.17) is 4.42 Å². The molecule has 0 N–H and O–H groups in total. The molecule has 1 atom stereocenters. The van der Waals surface area contributed by atoms with Crippen LogP contribution in [0.5, 0.6) is 0 Å². The Kier molecular flexibility index (Phi) is 4.63. The maximum Gasteiger partial charge on any atom is 0.318 e. The summed E-state index contributed by atoms with van der Waals surface area (Å²) in [5.41, 5.74) is 1.76. The Bertz CT molecular complexity index is 539. The van der Waals surface area contributed by atoms with Gasteiger partial charge in [-0.15, -0.1) is 11.8 Å². The van der Waals surface area contributed by atoms with Crippen LogP contribution in [0, 0.1) is 0 Å². The molecule has 19 heavy (non-hydrogen) atoms. The van der Waals surface area contributed by atoms with Crippen molar-refractivity contribution in [2.75, 3.05) is 7.11 Å². The fourth-order valence-corrected chi connectivity index (χ4v) is 2.32. The quantitative estimate of drug-likeness (QED) is 0.786. The summed E-state index contributed by atoms with van der Waals surface area (Å²) >= 11 is 1.47. The second-order valence-corrected chi connectivity index (χ2v) is 5.32. The van der Waals surface area contributed by atoms with Crippen LogP contribution in [0.2, 0.25) is 0 Å². The molecule has 0 fully saturated rings. The van der Waals surface area contributed by atoms with Gasteiger partial charge in [-0.3, -0.25) is 4.79 Å². The molecule has 0 saturated carbocycles. The van der Waals surface area contributed by atoms with Crippen LogP contribution >= 0.6 is 11.8 Å². The largest absolute Gasteiger partial charge is 0.468 e. The normalized spacial score (nSPS) is 12.1. The van der Waals surface area contributed by atoms with Crippen molar-refractivity contribution in [3.63, 3.8) is 0 Å². The Balaban J connectivity index is 1.97. The predicted octanol–water partition coefficient (Wildman–Crippen LogP) is 3.14. The van der Waals surface area contributed by atoms with E-state index >= 15 is 0 Å². The number of methoxy groups -OCH3 is 1. The van der Waals surface area contributed by atoms with Gasteiger partial charge in [0.1, 0.15) is 6.26 Å². The Morgan fingerprint density at radius 1 is 1.42 bits per heavy atom. The molecule has 0 saturated heterocycles. The highest BCUT2D eigenvalue weighted by atomic mass is 32.2. The van der Waals surface area contributed by atoms with Gasteiger partial charge in [-0.05, 0) is 19.1 Å². The Morgan fingerprint density at radius 3 is 2.84 bits per heavy atom. The van der Waals surface area contributed by atoms with Crippen LogP contribution in [-0.2, 0) is 15.3 Å². The summed E-state index contributed by atoms with van der Waals surface area (Å²) in [4.78, 5) is 15.7. The zero-order valence-corrected chi connectivity index (χ0v) is 11.6. The molecule has 5 heteroatoms. The SMILES string of the molecule is COC(=O)C(C)SCc1coc(-c2ccccc2)n1. The number of esters is 1. The number of carbonyl (C=O) groups is 1. The first-order valence-corrected chi connectivity index (χ1v) is 6.95. The molecule has 4 nitrogen and oxygen atoms in total. The van der Waals surface area contributed by atoms with Crippen molar-refractivity contribution in [2.24, 2.45) is 0 Å². The molecule has 0 radical (unpaired) electrons. The van der Waals surface area contributed by atoms with Crippen LogP contribution in [0.25, 0.3) is 11.5 Å². The summed E-state index contributed by atoms with van der Waals surface area (Å²) < 4.78 is 10.1. The Labute approximate surface area is 116 Å². The molecule has 1 aromatic carbocycles. The number of ether oxygens (including phenoxy) is 1. The molecular weight excluding hydrogens is 262 g/mol. The number of carbonyl (C=O) groups excluding carboxylic acids is 1. The van der Waals surface area contributed by atoms with Gasteiger partial charge in [0, 0.05) is 11.3 Å². The lowest BCUT2D eigenvalue weighted by molar-refractivity contribution is -0.139. The van der Waals surface area contributed by atoms with Gasteiger partial charge in [0.05, 0.1) is 18.1 Å². The minimum Gasteiger partial charge on any atom is -0.468 e. The standard InChI is InChI=1S/C14H15NO3S/c1-10(14(16)17-2)19-9-12-8-18-13(15-12)11-6-4-3-5-7-11/h3-8,10H,9H2,1-2H3. The maximum atomic E-state index is 11.3. The van der Waals surface area contributed by atoms with E-state index in [0.717, 1.165) is 11.3 Å². The van der Waals surface area contributed by atoms with E-state index < -0.39 is 0 Å². The van der Waals surface area contributed by atoms with Gasteiger partial charge >= 0.3 is 5.97 Å². The monoisotopic (exact) mass is 277 g/mol. The average molecular weight is 277 g/mol. The second kappa shape index (κ2) is 6.43. The van der Waals surface area contributed by atoms with E-state index in [9.17, 15) is 4.79 Å². The lowest BCUT2D eigenvalue weighted by Gasteiger charge is -2.06. The van der Waals surface area contributed by atoms with Crippen LogP contribution in [0.1, 0.15) is 12.6 Å². The molecule has 0 spiro atoms. The number of nitrogens with zero attached hydrogens (tertiary/aromatic N) is 1. The van der Waals surface area contributed by atoms with Crippen molar-refractivity contribution in [3.8, 4) is 11.5 Å². The molecule has 0 aliphatic heterocycles. The van der Waals surface area contributed by atoms with Crippen LogP contribution in [0.3, 0.4) is 0 Å². The second-order valence-electron chi connectivity index (χ2n) is 3.99. The van der Waals surface area contributed by atoms with Crippen molar-refractivity contribution in [2.45, 2.75) is 17.9 Å². The van der Waals surface area contributed by atoms with Gasteiger partial charge in [0.15, 0.2) is 0 Å². The highest BCUT2D eigenvalue weighted by Crippen LogP contribution is 2.22. The molecule has 0 aliphatic carbocycles. The summed E-state index contributed by atoms with van der Waals surface area (Å²) in [6.07, 6.45) is 1.62. The summed E-state index contributed by atoms with van der Waals surface area (Å²) in [5, 5.41) is -0.207. The zero-order chi connectivity index (χ0) is 13.7. The summed E-state index contributed by atoms with van der Waals surface area (Å²) in [6, 6.07) is 9.71. The first-order valence-electron chi connectivity index (χ1n) is 5.90. The number of thioether (sulfide) groups is 1. The lowest BCUT2D eigenvalue weighted by Crippen LogP contribution is -2.14. The van der Waals surface area contributed by atoms with Crippen molar-refractivity contribution < 1.29 is 13.9 Å². The number of rotatable bonds is 5. The van der Waals surface area contributed by atoms with E-state index in [1.807, 2.05) is 37.3 Å². The molecule has 1 unspecified atom stereocenters. The van der Waals surface area contributed by atoms with Gasteiger partial charge in [-0.2, -0.15) is 0 Å². The molecular formula is C14H15NO3S. The van der Waals surface area contributed by atoms with E-state index in [1.54, 1.807) is 6.26 Å². The van der Waals surface area contributed by atoms with E-state index in [0.29, 0.717) is 11.6 Å². The molecule has 1 aromatic heterocycles. The lowest BCUT2D eigenvalue weighted by atomic mass is 10.2. The van der Waals surface area contributed by atoms with Crippen molar-refractivity contribution in [3.05, 3.63) is 42.3 Å². The number of aromatic nitrogens is 1. The molecule has 0 bridgehead atoms. The first-order chi connectivity index (χ1) is 9.20. The number of benzene rings is 1. The topological polar surface area (TPSA) is 52.3 Å². The van der Waals surface area contributed by atoms with Gasteiger partial charge in [-0.25, -0.2) is 4.98 Å². The third-order valence-corrected chi connectivity index (χ3v) is 3.74. The number of hydrogen-bond donors (Lipinski definition) is 0.